The van der Waals surface area contributed by atoms with Crippen LogP contribution in [0.4, 0.5) is 0 Å². The van der Waals surface area contributed by atoms with E-state index in [1.54, 1.807) is 6.08 Å². The molecule has 0 heterocycles. The maximum absolute atomic E-state index is 12.0. The van der Waals surface area contributed by atoms with Gasteiger partial charge in [0.1, 0.15) is 19.3 Å². The first-order valence-corrected chi connectivity index (χ1v) is 17.1. The van der Waals surface area contributed by atoms with Crippen LogP contribution in [0.3, 0.4) is 0 Å². The van der Waals surface area contributed by atoms with Crippen LogP contribution in [-0.4, -0.2) is 42.1 Å². The highest BCUT2D eigenvalue weighted by Crippen LogP contribution is 2.12. The molecule has 0 saturated carbocycles. The van der Waals surface area contributed by atoms with Crippen LogP contribution < -0.4 is 0 Å². The van der Waals surface area contributed by atoms with Crippen LogP contribution in [0.25, 0.3) is 0 Å². The molecule has 246 valence electrons. The second-order valence-corrected chi connectivity index (χ2v) is 11.3. The van der Waals surface area contributed by atoms with E-state index in [2.05, 4.69) is 38.2 Å². The average molecular weight is 603 g/mol. The second-order valence-electron chi connectivity index (χ2n) is 11.3. The Hall–Kier alpha value is -2.47. The minimum absolute atomic E-state index is 0.0500. The fourth-order valence-corrected chi connectivity index (χ4v) is 4.39. The Balaban J connectivity index is 3.69. The lowest BCUT2D eigenvalue weighted by atomic mass is 10.1. The fourth-order valence-electron chi connectivity index (χ4n) is 4.39. The van der Waals surface area contributed by atoms with Crippen molar-refractivity contribution in [1.82, 2.24) is 0 Å². The molecule has 0 aliphatic carbocycles. The van der Waals surface area contributed by atoms with Gasteiger partial charge in [-0.2, -0.15) is 0 Å². The number of unbranched alkanes of at least 4 members (excludes halogenated alkanes) is 13. The van der Waals surface area contributed by atoms with Crippen LogP contribution in [0.15, 0.2) is 48.6 Å². The number of ether oxygens (including phenoxy) is 2. The van der Waals surface area contributed by atoms with E-state index in [4.69, 9.17) is 9.47 Å². The first-order valence-electron chi connectivity index (χ1n) is 17.1. The first-order chi connectivity index (χ1) is 21.0. The van der Waals surface area contributed by atoms with E-state index < -0.39 is 12.1 Å². The summed E-state index contributed by atoms with van der Waals surface area (Å²) in [5.41, 5.74) is 0. The Kier molecular flexibility index (Phi) is 30.6. The molecule has 0 aromatic rings. The average Bonchev–Trinajstić information content (AvgIpc) is 3.00. The molecule has 6 heteroatoms. The van der Waals surface area contributed by atoms with Crippen LogP contribution in [0, 0.1) is 0 Å². The minimum atomic E-state index is -1.05. The molecular weight excluding hydrogens is 540 g/mol. The third-order valence-electron chi connectivity index (χ3n) is 7.04. The Morgan fingerprint density at radius 3 is 1.65 bits per heavy atom. The Bertz CT molecular complexity index is 795. The molecule has 0 amide bonds. The topological polar surface area (TPSA) is 89.9 Å². The lowest BCUT2D eigenvalue weighted by Crippen LogP contribution is -2.25. The second kappa shape index (κ2) is 32.4. The number of ketones is 1. The molecule has 0 aliphatic rings. The van der Waals surface area contributed by atoms with E-state index in [1.807, 2.05) is 12.2 Å². The summed E-state index contributed by atoms with van der Waals surface area (Å²) in [6.45, 7) is 4.03. The van der Waals surface area contributed by atoms with Gasteiger partial charge in [-0.15, -0.1) is 0 Å². The van der Waals surface area contributed by atoms with Crippen molar-refractivity contribution in [3.05, 3.63) is 48.6 Å². The smallest absolute Gasteiger partial charge is 0.305 e. The number of carbonyl (C=O) groups excluding carboxylic acids is 3. The normalized spacial score (nSPS) is 12.6. The van der Waals surface area contributed by atoms with Crippen molar-refractivity contribution in [2.45, 2.75) is 155 Å². The summed E-state index contributed by atoms with van der Waals surface area (Å²) >= 11 is 0. The molecule has 0 fully saturated rings. The zero-order valence-corrected chi connectivity index (χ0v) is 27.4. The maximum Gasteiger partial charge on any atom is 0.305 e. The molecule has 0 unspecified atom stereocenters. The van der Waals surface area contributed by atoms with Gasteiger partial charge in [-0.25, -0.2) is 0 Å². The Morgan fingerprint density at radius 2 is 1.05 bits per heavy atom. The molecule has 0 aromatic heterocycles. The van der Waals surface area contributed by atoms with Crippen LogP contribution in [0.5, 0.6) is 0 Å². The number of allylic oxidation sites excluding steroid dienone is 8. The van der Waals surface area contributed by atoms with Crippen LogP contribution >= 0.6 is 0 Å². The van der Waals surface area contributed by atoms with Gasteiger partial charge < -0.3 is 14.6 Å². The predicted molar refractivity (Wildman–Crippen MR) is 178 cm³/mol. The van der Waals surface area contributed by atoms with Gasteiger partial charge in [-0.05, 0) is 44.6 Å². The zero-order chi connectivity index (χ0) is 31.6. The highest BCUT2D eigenvalue weighted by atomic mass is 16.6. The molecule has 0 aliphatic heterocycles. The SMILES string of the molecule is CCCCC/C=C\C/C=C\C/C=C\C=C\C(=O)CCCC(=O)OC[C@H](O)COC(=O)CCCCCCCCCCCCC. The van der Waals surface area contributed by atoms with Crippen molar-refractivity contribution in [1.29, 1.82) is 0 Å². The summed E-state index contributed by atoms with van der Waals surface area (Å²) in [6, 6.07) is 0. The number of aliphatic hydroxyl groups is 1. The molecule has 43 heavy (non-hydrogen) atoms. The van der Waals surface area contributed by atoms with Gasteiger partial charge in [0.2, 0.25) is 0 Å². The van der Waals surface area contributed by atoms with E-state index in [0.717, 1.165) is 38.5 Å². The quantitative estimate of drug-likeness (QED) is 0.0290. The van der Waals surface area contributed by atoms with Crippen LogP contribution in [0.2, 0.25) is 0 Å². The summed E-state index contributed by atoms with van der Waals surface area (Å²) in [6.07, 6.45) is 35.9. The number of esters is 2. The number of hydrogen-bond acceptors (Lipinski definition) is 6. The largest absolute Gasteiger partial charge is 0.463 e. The molecule has 0 saturated heterocycles. The van der Waals surface area contributed by atoms with Crippen molar-refractivity contribution < 1.29 is 29.0 Å². The molecule has 1 atom stereocenters. The van der Waals surface area contributed by atoms with E-state index in [0.29, 0.717) is 12.8 Å². The van der Waals surface area contributed by atoms with Crippen LogP contribution in [0.1, 0.15) is 149 Å². The van der Waals surface area contributed by atoms with E-state index in [1.165, 1.54) is 76.7 Å². The summed E-state index contributed by atoms with van der Waals surface area (Å²) in [5, 5.41) is 9.94. The van der Waals surface area contributed by atoms with E-state index in [-0.39, 0.29) is 37.8 Å². The number of aliphatic hydroxyl groups excluding tert-OH is 1. The number of rotatable bonds is 30. The predicted octanol–water partition coefficient (Wildman–Crippen LogP) is 9.46. The van der Waals surface area contributed by atoms with Crippen molar-refractivity contribution in [3.63, 3.8) is 0 Å². The molecule has 0 bridgehead atoms. The highest BCUT2D eigenvalue weighted by Gasteiger charge is 2.12. The molecule has 0 rings (SSSR count). The lowest BCUT2D eigenvalue weighted by Gasteiger charge is -2.12. The minimum Gasteiger partial charge on any atom is -0.463 e. The highest BCUT2D eigenvalue weighted by molar-refractivity contribution is 5.90. The van der Waals surface area contributed by atoms with Gasteiger partial charge in [-0.1, -0.05) is 133 Å². The van der Waals surface area contributed by atoms with Crippen molar-refractivity contribution in [2.24, 2.45) is 0 Å². The standard InChI is InChI=1S/C37H62O6/c1-3-5-7-9-11-13-15-16-18-19-21-23-25-28-34(38)29-27-31-37(41)43-33-35(39)32-42-36(40)30-26-24-22-20-17-14-12-10-8-6-4-2/h11,13,16,18,21,23,25,28,35,39H,3-10,12,14-15,17,19-20,22,24,26-27,29-33H2,1-2H3/b13-11-,18-16-,23-21-,28-25+/t35-/m1/s1. The summed E-state index contributed by atoms with van der Waals surface area (Å²) in [5.74, 6) is -0.864. The monoisotopic (exact) mass is 602 g/mol. The van der Waals surface area contributed by atoms with Gasteiger partial charge in [0.25, 0.3) is 0 Å². The summed E-state index contributed by atoms with van der Waals surface area (Å²) in [4.78, 5) is 35.7. The maximum atomic E-state index is 12.0. The van der Waals surface area contributed by atoms with Crippen molar-refractivity contribution in [3.8, 4) is 0 Å². The van der Waals surface area contributed by atoms with Crippen molar-refractivity contribution >= 4 is 17.7 Å². The third kappa shape index (κ3) is 32.3. The van der Waals surface area contributed by atoms with E-state index in [9.17, 15) is 19.5 Å². The summed E-state index contributed by atoms with van der Waals surface area (Å²) < 4.78 is 10.1. The molecule has 0 spiro atoms. The van der Waals surface area contributed by atoms with E-state index >= 15 is 0 Å². The van der Waals surface area contributed by atoms with Gasteiger partial charge in [-0.3, -0.25) is 14.4 Å². The third-order valence-corrected chi connectivity index (χ3v) is 7.04. The summed E-state index contributed by atoms with van der Waals surface area (Å²) in [7, 11) is 0. The van der Waals surface area contributed by atoms with Crippen LogP contribution in [-0.2, 0) is 23.9 Å². The molecule has 0 aromatic carbocycles. The first kappa shape index (κ1) is 40.5. The lowest BCUT2D eigenvalue weighted by molar-refractivity contribution is -0.152. The van der Waals surface area contributed by atoms with Gasteiger partial charge in [0, 0.05) is 19.3 Å². The number of hydrogen-bond donors (Lipinski definition) is 1. The Morgan fingerprint density at radius 1 is 0.558 bits per heavy atom. The van der Waals surface area contributed by atoms with Crippen molar-refractivity contribution in [2.75, 3.05) is 13.2 Å². The molecule has 0 radical (unpaired) electrons. The number of carbonyl (C=O) groups is 3. The van der Waals surface area contributed by atoms with Gasteiger partial charge in [0.05, 0.1) is 0 Å². The van der Waals surface area contributed by atoms with Gasteiger partial charge >= 0.3 is 11.9 Å². The Labute approximate surface area is 263 Å². The zero-order valence-electron chi connectivity index (χ0n) is 27.4. The molecule has 6 nitrogen and oxygen atoms in total. The fraction of sp³-hybridized carbons (Fsp3) is 0.703. The molecule has 1 N–H and O–H groups in total. The van der Waals surface area contributed by atoms with Gasteiger partial charge in [0.15, 0.2) is 5.78 Å². The molecular formula is C37H62O6.